The van der Waals surface area contributed by atoms with Gasteiger partial charge in [0.25, 0.3) is 0 Å². The van der Waals surface area contributed by atoms with Crippen LogP contribution in [-0.4, -0.2) is 37.9 Å². The third kappa shape index (κ3) is 5.35. The van der Waals surface area contributed by atoms with Crippen molar-refractivity contribution in [2.24, 2.45) is 5.10 Å². The lowest BCUT2D eigenvalue weighted by atomic mass is 10.2. The highest BCUT2D eigenvalue weighted by Crippen LogP contribution is 2.13. The molecule has 0 aromatic heterocycles. The van der Waals surface area contributed by atoms with Crippen LogP contribution in [0.25, 0.3) is 0 Å². The van der Waals surface area contributed by atoms with Crippen molar-refractivity contribution >= 4 is 23.5 Å². The average Bonchev–Trinajstić information content (AvgIpc) is 2.54. The van der Waals surface area contributed by atoms with Gasteiger partial charge in [-0.05, 0) is 42.0 Å². The van der Waals surface area contributed by atoms with E-state index >= 15 is 0 Å². The molecule has 0 saturated carbocycles. The number of phenolic OH excluding ortho intramolecular Hbond substituents is 1. The van der Waals surface area contributed by atoms with Crippen LogP contribution in [0.15, 0.2) is 53.6 Å². The Bertz CT molecular complexity index is 664. The molecule has 23 heavy (non-hydrogen) atoms. The minimum Gasteiger partial charge on any atom is -0.508 e. The number of anilines is 2. The summed E-state index contributed by atoms with van der Waals surface area (Å²) in [6.45, 7) is 0.0627. The molecule has 2 aromatic rings. The number of hydrogen-bond acceptors (Lipinski definition) is 5. The van der Waals surface area contributed by atoms with Crippen LogP contribution in [0.1, 0.15) is 5.56 Å². The van der Waals surface area contributed by atoms with E-state index in [0.717, 1.165) is 11.3 Å². The summed E-state index contributed by atoms with van der Waals surface area (Å²) in [5.41, 5.74) is 5.38. The maximum Gasteiger partial charge on any atom is 0.245 e. The van der Waals surface area contributed by atoms with Crippen molar-refractivity contribution in [3.05, 3.63) is 54.1 Å². The topological polar surface area (TPSA) is 77.0 Å². The predicted molar refractivity (Wildman–Crippen MR) is 93.1 cm³/mol. The molecule has 1 amide bonds. The fourth-order valence-electron chi connectivity index (χ4n) is 1.85. The molecule has 0 saturated heterocycles. The molecule has 6 heteroatoms. The molecular weight excluding hydrogens is 292 g/mol. The first kappa shape index (κ1) is 16.4. The van der Waals surface area contributed by atoms with E-state index in [0.29, 0.717) is 5.69 Å². The van der Waals surface area contributed by atoms with Gasteiger partial charge in [-0.15, -0.1) is 0 Å². The Kier molecular flexibility index (Phi) is 5.57. The molecule has 0 aliphatic rings. The van der Waals surface area contributed by atoms with E-state index in [4.69, 9.17) is 0 Å². The first-order chi connectivity index (χ1) is 11.0. The molecule has 0 radical (unpaired) electrons. The fourth-order valence-corrected chi connectivity index (χ4v) is 1.85. The van der Waals surface area contributed by atoms with E-state index in [1.165, 1.54) is 12.1 Å². The fraction of sp³-hybridized carbons (Fsp3) is 0.176. The number of hydrogen-bond donors (Lipinski definition) is 3. The summed E-state index contributed by atoms with van der Waals surface area (Å²) in [5, 5.41) is 15.9. The third-order valence-corrected chi connectivity index (χ3v) is 3.11. The summed E-state index contributed by atoms with van der Waals surface area (Å²) in [7, 11) is 3.97. The van der Waals surface area contributed by atoms with Gasteiger partial charge in [-0.1, -0.05) is 12.1 Å². The monoisotopic (exact) mass is 312 g/mol. The first-order valence-electron chi connectivity index (χ1n) is 7.17. The zero-order valence-electron chi connectivity index (χ0n) is 13.2. The Balaban J connectivity index is 1.77. The third-order valence-electron chi connectivity index (χ3n) is 3.11. The summed E-state index contributed by atoms with van der Waals surface area (Å²) in [5.74, 6) is -0.0539. The summed E-state index contributed by atoms with van der Waals surface area (Å²) in [6.07, 6.45) is 1.66. The molecule has 0 atom stereocenters. The Morgan fingerprint density at radius 1 is 1.13 bits per heavy atom. The van der Waals surface area contributed by atoms with Crippen LogP contribution in [0.4, 0.5) is 11.4 Å². The summed E-state index contributed by atoms with van der Waals surface area (Å²) >= 11 is 0. The molecule has 6 nitrogen and oxygen atoms in total. The van der Waals surface area contributed by atoms with E-state index in [9.17, 15) is 9.90 Å². The van der Waals surface area contributed by atoms with Crippen LogP contribution in [0.3, 0.4) is 0 Å². The molecule has 0 aliphatic carbocycles. The van der Waals surface area contributed by atoms with Gasteiger partial charge in [0.15, 0.2) is 0 Å². The molecule has 0 bridgehead atoms. The molecule has 120 valence electrons. The number of amides is 1. The van der Waals surface area contributed by atoms with Gasteiger partial charge in [0.1, 0.15) is 12.3 Å². The molecule has 0 unspecified atom stereocenters. The van der Waals surface area contributed by atoms with Gasteiger partial charge in [0.2, 0.25) is 5.91 Å². The number of nitrogens with zero attached hydrogens (tertiary/aromatic N) is 2. The van der Waals surface area contributed by atoms with E-state index in [1.807, 2.05) is 43.3 Å². The predicted octanol–water partition coefficient (Wildman–Crippen LogP) is 2.02. The number of carbonyl (C=O) groups excluding carboxylic acids is 1. The number of aromatic hydroxyl groups is 1. The molecular formula is C17H20N4O2. The van der Waals surface area contributed by atoms with Crippen LogP contribution in [-0.2, 0) is 4.79 Å². The Morgan fingerprint density at radius 3 is 2.39 bits per heavy atom. The second-order valence-electron chi connectivity index (χ2n) is 5.17. The zero-order valence-corrected chi connectivity index (χ0v) is 13.2. The van der Waals surface area contributed by atoms with E-state index in [1.54, 1.807) is 18.3 Å². The van der Waals surface area contributed by atoms with Gasteiger partial charge in [0.05, 0.1) is 6.21 Å². The molecule has 2 rings (SSSR count). The molecule has 3 N–H and O–H groups in total. The van der Waals surface area contributed by atoms with Crippen LogP contribution >= 0.6 is 0 Å². The van der Waals surface area contributed by atoms with Crippen LogP contribution in [0, 0.1) is 0 Å². The molecule has 0 fully saturated rings. The Morgan fingerprint density at radius 2 is 1.78 bits per heavy atom. The molecule has 0 aliphatic heterocycles. The number of nitrogens with one attached hydrogen (secondary N) is 2. The first-order valence-corrected chi connectivity index (χ1v) is 7.17. The van der Waals surface area contributed by atoms with Gasteiger partial charge in [0, 0.05) is 25.5 Å². The lowest BCUT2D eigenvalue weighted by Crippen LogP contribution is -2.24. The van der Waals surface area contributed by atoms with E-state index in [-0.39, 0.29) is 18.2 Å². The Labute approximate surface area is 135 Å². The van der Waals surface area contributed by atoms with Crippen molar-refractivity contribution in [3.63, 3.8) is 0 Å². The highest BCUT2D eigenvalue weighted by atomic mass is 16.3. The van der Waals surface area contributed by atoms with Crippen molar-refractivity contribution in [1.82, 2.24) is 5.43 Å². The molecule has 0 heterocycles. The minimum atomic E-state index is -0.212. The molecule has 0 spiro atoms. The van der Waals surface area contributed by atoms with Crippen molar-refractivity contribution in [2.45, 2.75) is 0 Å². The lowest BCUT2D eigenvalue weighted by molar-refractivity contribution is -0.115. The van der Waals surface area contributed by atoms with E-state index in [2.05, 4.69) is 15.8 Å². The van der Waals surface area contributed by atoms with Crippen molar-refractivity contribution in [1.29, 1.82) is 0 Å². The average molecular weight is 312 g/mol. The standard InChI is InChI=1S/C17H20N4O2/c1-21(2)15-7-3-13(4-8-15)11-18-19-12-17(23)20-14-5-9-16(22)10-6-14/h3-11,19,22H,12H2,1-2H3,(H,20,23)/b18-11+. The maximum absolute atomic E-state index is 11.7. The summed E-state index contributed by atoms with van der Waals surface area (Å²) < 4.78 is 0. The number of phenols is 1. The maximum atomic E-state index is 11.7. The highest BCUT2D eigenvalue weighted by molar-refractivity contribution is 5.92. The second kappa shape index (κ2) is 7.84. The van der Waals surface area contributed by atoms with Crippen molar-refractivity contribution in [3.8, 4) is 5.75 Å². The van der Waals surface area contributed by atoms with Gasteiger partial charge >= 0.3 is 0 Å². The second-order valence-corrected chi connectivity index (χ2v) is 5.17. The van der Waals surface area contributed by atoms with Crippen LogP contribution in [0.2, 0.25) is 0 Å². The lowest BCUT2D eigenvalue weighted by Gasteiger charge is -2.11. The van der Waals surface area contributed by atoms with E-state index < -0.39 is 0 Å². The normalized spacial score (nSPS) is 10.5. The van der Waals surface area contributed by atoms with Gasteiger partial charge in [-0.2, -0.15) is 5.10 Å². The number of benzene rings is 2. The number of hydrazone groups is 1. The quantitative estimate of drug-likeness (QED) is 0.433. The van der Waals surface area contributed by atoms with Crippen LogP contribution in [0.5, 0.6) is 5.75 Å². The Hall–Kier alpha value is -3.02. The van der Waals surface area contributed by atoms with Crippen molar-refractivity contribution in [2.75, 3.05) is 30.9 Å². The number of rotatable bonds is 6. The largest absolute Gasteiger partial charge is 0.508 e. The van der Waals surface area contributed by atoms with Gasteiger partial charge < -0.3 is 20.7 Å². The number of carbonyl (C=O) groups is 1. The van der Waals surface area contributed by atoms with Gasteiger partial charge in [-0.3, -0.25) is 4.79 Å². The summed E-state index contributed by atoms with van der Waals surface area (Å²) in [6, 6.07) is 14.2. The van der Waals surface area contributed by atoms with Crippen LogP contribution < -0.4 is 15.6 Å². The zero-order chi connectivity index (χ0) is 16.7. The van der Waals surface area contributed by atoms with Gasteiger partial charge in [-0.25, -0.2) is 0 Å². The summed E-state index contributed by atoms with van der Waals surface area (Å²) in [4.78, 5) is 13.7. The molecule has 2 aromatic carbocycles. The van der Waals surface area contributed by atoms with Crippen molar-refractivity contribution < 1.29 is 9.90 Å². The SMILES string of the molecule is CN(C)c1ccc(/C=N/NCC(=O)Nc2ccc(O)cc2)cc1. The highest BCUT2D eigenvalue weighted by Gasteiger charge is 2.00. The minimum absolute atomic E-state index is 0.0627. The smallest absolute Gasteiger partial charge is 0.245 e.